The third-order valence-electron chi connectivity index (χ3n) is 1.37. The number of hydrogen-bond donors (Lipinski definition) is 2. The number of nitrogens with two attached hydrogens (primary N) is 1. The zero-order valence-electron chi connectivity index (χ0n) is 7.23. The SMILES string of the molecule is CC(N)CCC(=O)Nc1nnns1. The van der Waals surface area contributed by atoms with Crippen LogP contribution in [0.25, 0.3) is 0 Å². The van der Waals surface area contributed by atoms with Crippen molar-refractivity contribution in [3.05, 3.63) is 0 Å². The predicted molar refractivity (Wildman–Crippen MR) is 49.2 cm³/mol. The first-order valence-corrected chi connectivity index (χ1v) is 4.66. The number of nitrogens with one attached hydrogen (secondary N) is 1. The fourth-order valence-electron chi connectivity index (χ4n) is 0.722. The summed E-state index contributed by atoms with van der Waals surface area (Å²) in [5.74, 6) is -0.101. The molecular formula is C6H11N5OS. The lowest BCUT2D eigenvalue weighted by Gasteiger charge is -2.03. The minimum absolute atomic E-state index is 0.0401. The Morgan fingerprint density at radius 2 is 2.54 bits per heavy atom. The fraction of sp³-hybridized carbons (Fsp3) is 0.667. The number of anilines is 1. The van der Waals surface area contributed by atoms with E-state index < -0.39 is 0 Å². The van der Waals surface area contributed by atoms with Gasteiger partial charge in [-0.15, -0.1) is 0 Å². The summed E-state index contributed by atoms with van der Waals surface area (Å²) in [5, 5.41) is 9.92. The van der Waals surface area contributed by atoms with Gasteiger partial charge in [-0.05, 0) is 18.6 Å². The molecule has 0 spiro atoms. The van der Waals surface area contributed by atoms with E-state index in [1.54, 1.807) is 0 Å². The maximum absolute atomic E-state index is 11.2. The molecule has 1 aromatic rings. The first kappa shape index (κ1) is 10.0. The van der Waals surface area contributed by atoms with Gasteiger partial charge in [-0.2, -0.15) is 0 Å². The normalized spacial score (nSPS) is 12.5. The van der Waals surface area contributed by atoms with Crippen molar-refractivity contribution in [1.82, 2.24) is 14.8 Å². The maximum atomic E-state index is 11.2. The Labute approximate surface area is 79.7 Å². The van der Waals surface area contributed by atoms with Gasteiger partial charge in [0.1, 0.15) is 0 Å². The van der Waals surface area contributed by atoms with Crippen LogP contribution in [0.2, 0.25) is 0 Å². The third-order valence-corrected chi connectivity index (χ3v) is 1.88. The van der Waals surface area contributed by atoms with Crippen molar-refractivity contribution in [2.75, 3.05) is 5.32 Å². The van der Waals surface area contributed by atoms with Crippen molar-refractivity contribution in [3.8, 4) is 0 Å². The monoisotopic (exact) mass is 201 g/mol. The molecule has 1 aromatic heterocycles. The summed E-state index contributed by atoms with van der Waals surface area (Å²) < 4.78 is 3.51. The Hall–Kier alpha value is -1.08. The van der Waals surface area contributed by atoms with Gasteiger partial charge in [-0.1, -0.05) is 9.59 Å². The van der Waals surface area contributed by atoms with Crippen LogP contribution in [-0.4, -0.2) is 26.7 Å². The molecule has 0 saturated heterocycles. The zero-order valence-corrected chi connectivity index (χ0v) is 8.04. The standard InChI is InChI=1S/C6H11N5OS/c1-4(7)2-3-5(12)8-6-9-10-11-13-6/h4H,2-3,7H2,1H3,(H,8,9,11,12). The molecule has 0 fully saturated rings. The maximum Gasteiger partial charge on any atom is 0.231 e. The molecule has 1 rings (SSSR count). The van der Waals surface area contributed by atoms with Gasteiger partial charge in [0.05, 0.1) is 0 Å². The highest BCUT2D eigenvalue weighted by atomic mass is 32.1. The highest BCUT2D eigenvalue weighted by molar-refractivity contribution is 7.09. The first-order valence-electron chi connectivity index (χ1n) is 3.89. The molecular weight excluding hydrogens is 190 g/mol. The molecule has 1 atom stereocenters. The van der Waals surface area contributed by atoms with Crippen LogP contribution in [-0.2, 0) is 4.79 Å². The second kappa shape index (κ2) is 4.83. The fourth-order valence-corrected chi connectivity index (χ4v) is 1.11. The molecule has 0 aliphatic heterocycles. The van der Waals surface area contributed by atoms with Gasteiger partial charge in [-0.3, -0.25) is 10.1 Å². The number of hydrogen-bond acceptors (Lipinski definition) is 6. The molecule has 1 heterocycles. The van der Waals surface area contributed by atoms with Gasteiger partial charge >= 0.3 is 0 Å². The molecule has 0 aliphatic carbocycles. The number of carbonyl (C=O) groups excluding carboxylic acids is 1. The van der Waals surface area contributed by atoms with Crippen LogP contribution in [0.3, 0.4) is 0 Å². The van der Waals surface area contributed by atoms with Gasteiger partial charge in [0.15, 0.2) is 0 Å². The summed E-state index contributed by atoms with van der Waals surface area (Å²) in [7, 11) is 0. The van der Waals surface area contributed by atoms with Crippen LogP contribution in [0.15, 0.2) is 0 Å². The first-order chi connectivity index (χ1) is 6.18. The molecule has 13 heavy (non-hydrogen) atoms. The quantitative estimate of drug-likeness (QED) is 0.715. The smallest absolute Gasteiger partial charge is 0.231 e. The van der Waals surface area contributed by atoms with E-state index in [0.717, 1.165) is 11.5 Å². The van der Waals surface area contributed by atoms with Gasteiger partial charge in [0.25, 0.3) is 0 Å². The summed E-state index contributed by atoms with van der Waals surface area (Å²) in [6.45, 7) is 1.86. The summed E-state index contributed by atoms with van der Waals surface area (Å²) >= 11 is 1.05. The topological polar surface area (TPSA) is 93.8 Å². The van der Waals surface area contributed by atoms with Crippen LogP contribution in [0.1, 0.15) is 19.8 Å². The Bertz CT molecular complexity index is 260. The number of rotatable bonds is 4. The third kappa shape index (κ3) is 3.90. The van der Waals surface area contributed by atoms with Gasteiger partial charge in [0, 0.05) is 24.0 Å². The molecule has 1 amide bonds. The van der Waals surface area contributed by atoms with Crippen molar-refractivity contribution in [1.29, 1.82) is 0 Å². The molecule has 0 aromatic carbocycles. The number of nitrogens with zero attached hydrogens (tertiary/aromatic N) is 3. The summed E-state index contributed by atoms with van der Waals surface area (Å²) in [6.07, 6.45) is 1.06. The molecule has 3 N–H and O–H groups in total. The average Bonchev–Trinajstić information content (AvgIpc) is 2.53. The van der Waals surface area contributed by atoms with Crippen LogP contribution >= 0.6 is 11.5 Å². The largest absolute Gasteiger partial charge is 0.328 e. The van der Waals surface area contributed by atoms with Crippen molar-refractivity contribution in [3.63, 3.8) is 0 Å². The van der Waals surface area contributed by atoms with E-state index in [2.05, 4.69) is 20.1 Å². The van der Waals surface area contributed by atoms with E-state index >= 15 is 0 Å². The molecule has 0 radical (unpaired) electrons. The van der Waals surface area contributed by atoms with E-state index in [4.69, 9.17) is 5.73 Å². The highest BCUT2D eigenvalue weighted by Crippen LogP contribution is 2.05. The molecule has 72 valence electrons. The van der Waals surface area contributed by atoms with Crippen LogP contribution in [0.5, 0.6) is 0 Å². The van der Waals surface area contributed by atoms with E-state index in [1.807, 2.05) is 6.92 Å². The van der Waals surface area contributed by atoms with E-state index in [-0.39, 0.29) is 11.9 Å². The predicted octanol–water partition coefficient (Wildman–Crippen LogP) is -0.00100. The zero-order chi connectivity index (χ0) is 9.68. The minimum Gasteiger partial charge on any atom is -0.328 e. The van der Waals surface area contributed by atoms with Crippen LogP contribution in [0.4, 0.5) is 5.13 Å². The van der Waals surface area contributed by atoms with Crippen molar-refractivity contribution < 1.29 is 4.79 Å². The second-order valence-electron chi connectivity index (χ2n) is 2.73. The lowest BCUT2D eigenvalue weighted by Crippen LogP contribution is -2.19. The molecule has 0 bridgehead atoms. The minimum atomic E-state index is -0.101. The van der Waals surface area contributed by atoms with E-state index in [1.165, 1.54) is 0 Å². The van der Waals surface area contributed by atoms with Crippen molar-refractivity contribution in [2.45, 2.75) is 25.8 Å². The second-order valence-corrected chi connectivity index (χ2v) is 3.46. The lowest BCUT2D eigenvalue weighted by atomic mass is 10.2. The summed E-state index contributed by atoms with van der Waals surface area (Å²) in [6, 6.07) is 0.0401. The van der Waals surface area contributed by atoms with E-state index in [9.17, 15) is 4.79 Å². The number of amides is 1. The number of aromatic nitrogens is 3. The Morgan fingerprint density at radius 3 is 3.08 bits per heavy atom. The molecule has 1 unspecified atom stereocenters. The average molecular weight is 201 g/mol. The van der Waals surface area contributed by atoms with Crippen LogP contribution in [0, 0.1) is 0 Å². The molecule has 0 saturated carbocycles. The number of carbonyl (C=O) groups is 1. The summed E-state index contributed by atoms with van der Waals surface area (Å²) in [5.41, 5.74) is 5.50. The Morgan fingerprint density at radius 1 is 1.77 bits per heavy atom. The van der Waals surface area contributed by atoms with E-state index in [0.29, 0.717) is 18.0 Å². The molecule has 0 aliphatic rings. The molecule has 6 nitrogen and oxygen atoms in total. The lowest BCUT2D eigenvalue weighted by molar-refractivity contribution is -0.116. The van der Waals surface area contributed by atoms with Gasteiger partial charge < -0.3 is 5.73 Å². The van der Waals surface area contributed by atoms with Gasteiger partial charge in [-0.25, -0.2) is 0 Å². The highest BCUT2D eigenvalue weighted by Gasteiger charge is 2.05. The Balaban J connectivity index is 2.26. The van der Waals surface area contributed by atoms with Crippen molar-refractivity contribution in [2.24, 2.45) is 5.73 Å². The molecule has 7 heteroatoms. The van der Waals surface area contributed by atoms with Crippen LogP contribution < -0.4 is 11.1 Å². The van der Waals surface area contributed by atoms with Gasteiger partial charge in [0.2, 0.25) is 11.0 Å². The summed E-state index contributed by atoms with van der Waals surface area (Å²) in [4.78, 5) is 11.2. The van der Waals surface area contributed by atoms with Crippen molar-refractivity contribution >= 4 is 22.6 Å². The Kier molecular flexibility index (Phi) is 3.71.